The predicted molar refractivity (Wildman–Crippen MR) is 69.6 cm³/mol. The highest BCUT2D eigenvalue weighted by Gasteiger charge is 2.20. The fraction of sp³-hybridized carbons (Fsp3) is 0.727. The van der Waals surface area contributed by atoms with E-state index in [0.717, 1.165) is 17.8 Å². The van der Waals surface area contributed by atoms with E-state index in [0.29, 0.717) is 19.0 Å². The zero-order valence-corrected chi connectivity index (χ0v) is 11.4. The maximum atomic E-state index is 11.7. The number of hydrogen-bond donors (Lipinski definition) is 3. The van der Waals surface area contributed by atoms with E-state index in [1.165, 1.54) is 12.8 Å². The molecule has 18 heavy (non-hydrogen) atoms. The molecular weight excluding hydrogens is 252 g/mol. The lowest BCUT2D eigenvalue weighted by Gasteiger charge is -2.06. The first-order chi connectivity index (χ1) is 8.57. The second kappa shape index (κ2) is 5.81. The van der Waals surface area contributed by atoms with Crippen molar-refractivity contribution in [1.29, 1.82) is 0 Å². The Kier molecular flexibility index (Phi) is 4.36. The fourth-order valence-corrected chi connectivity index (χ4v) is 2.71. The normalized spacial score (nSPS) is 16.1. The molecule has 0 unspecified atom stereocenters. The molecule has 1 aliphatic carbocycles. The van der Waals surface area contributed by atoms with Gasteiger partial charge in [-0.05, 0) is 32.7 Å². The lowest BCUT2D eigenvalue weighted by Crippen LogP contribution is -2.28. The Morgan fingerprint density at radius 2 is 2.28 bits per heavy atom. The molecule has 0 aliphatic heterocycles. The molecule has 7 heteroatoms. The van der Waals surface area contributed by atoms with Crippen molar-refractivity contribution in [3.63, 3.8) is 0 Å². The van der Waals surface area contributed by atoms with Gasteiger partial charge in [-0.3, -0.25) is 5.10 Å². The van der Waals surface area contributed by atoms with Crippen molar-refractivity contribution in [3.05, 3.63) is 17.5 Å². The summed E-state index contributed by atoms with van der Waals surface area (Å²) in [5.41, 5.74) is 1.78. The molecule has 2 rings (SSSR count). The number of aromatic nitrogens is 2. The van der Waals surface area contributed by atoms with Gasteiger partial charge in [0.25, 0.3) is 0 Å². The number of sulfonamides is 1. The molecule has 1 saturated carbocycles. The number of H-pyrrole nitrogens is 1. The number of nitrogens with one attached hydrogen (secondary N) is 3. The van der Waals surface area contributed by atoms with Crippen molar-refractivity contribution in [1.82, 2.24) is 20.2 Å². The summed E-state index contributed by atoms with van der Waals surface area (Å²) in [7, 11) is -3.18. The lowest BCUT2D eigenvalue weighted by atomic mass is 10.3. The van der Waals surface area contributed by atoms with Crippen LogP contribution in [0.3, 0.4) is 0 Å². The van der Waals surface area contributed by atoms with E-state index in [2.05, 4.69) is 20.2 Å². The predicted octanol–water partition coefficient (Wildman–Crippen LogP) is 0.280. The van der Waals surface area contributed by atoms with Crippen LogP contribution in [-0.2, 0) is 16.6 Å². The summed E-state index contributed by atoms with van der Waals surface area (Å²) < 4.78 is 26.0. The van der Waals surface area contributed by atoms with Crippen LogP contribution in [0.2, 0.25) is 0 Å². The van der Waals surface area contributed by atoms with E-state index in [1.54, 1.807) is 6.20 Å². The highest BCUT2D eigenvalue weighted by molar-refractivity contribution is 7.89. The summed E-state index contributed by atoms with van der Waals surface area (Å²) in [6.45, 7) is 2.95. The number of aromatic amines is 1. The minimum atomic E-state index is -3.18. The van der Waals surface area contributed by atoms with E-state index in [-0.39, 0.29) is 5.75 Å². The fourth-order valence-electron chi connectivity index (χ4n) is 1.67. The number of aryl methyl sites for hydroxylation is 1. The first kappa shape index (κ1) is 13.5. The Labute approximate surface area is 108 Å². The topological polar surface area (TPSA) is 86.9 Å². The Morgan fingerprint density at radius 1 is 1.50 bits per heavy atom. The molecule has 1 aliphatic rings. The zero-order valence-electron chi connectivity index (χ0n) is 10.6. The van der Waals surface area contributed by atoms with Gasteiger partial charge in [0.1, 0.15) is 0 Å². The van der Waals surface area contributed by atoms with E-state index in [9.17, 15) is 8.42 Å². The highest BCUT2D eigenvalue weighted by atomic mass is 32.2. The second-order valence-corrected chi connectivity index (χ2v) is 6.67. The van der Waals surface area contributed by atoms with Crippen molar-refractivity contribution in [2.75, 3.05) is 12.3 Å². The summed E-state index contributed by atoms with van der Waals surface area (Å²) in [6, 6.07) is 0.634. The summed E-state index contributed by atoms with van der Waals surface area (Å²) in [6.07, 6.45) is 4.75. The van der Waals surface area contributed by atoms with Gasteiger partial charge in [0.05, 0.1) is 11.9 Å². The van der Waals surface area contributed by atoms with Gasteiger partial charge in [0.2, 0.25) is 10.0 Å². The van der Waals surface area contributed by atoms with Crippen LogP contribution in [0.5, 0.6) is 0 Å². The van der Waals surface area contributed by atoms with Crippen LogP contribution in [0.4, 0.5) is 0 Å². The molecular formula is C11H20N4O2S. The Hall–Kier alpha value is -0.920. The molecule has 1 fully saturated rings. The number of rotatable bonds is 8. The van der Waals surface area contributed by atoms with Crippen LogP contribution in [-0.4, -0.2) is 37.0 Å². The van der Waals surface area contributed by atoms with Gasteiger partial charge in [0.15, 0.2) is 0 Å². The molecule has 0 spiro atoms. The average Bonchev–Trinajstić information content (AvgIpc) is 3.05. The Balaban J connectivity index is 1.67. The summed E-state index contributed by atoms with van der Waals surface area (Å²) in [5, 5.41) is 9.94. The van der Waals surface area contributed by atoms with Crippen molar-refractivity contribution in [3.8, 4) is 0 Å². The van der Waals surface area contributed by atoms with Crippen LogP contribution in [0, 0.1) is 6.92 Å². The molecule has 1 aromatic heterocycles. The van der Waals surface area contributed by atoms with Gasteiger partial charge in [-0.15, -0.1) is 0 Å². The molecule has 0 saturated heterocycles. The molecule has 6 nitrogen and oxygen atoms in total. The van der Waals surface area contributed by atoms with Crippen molar-refractivity contribution in [2.45, 2.75) is 38.8 Å². The van der Waals surface area contributed by atoms with Crippen LogP contribution in [0.25, 0.3) is 0 Å². The quantitative estimate of drug-likeness (QED) is 0.593. The summed E-state index contributed by atoms with van der Waals surface area (Å²) in [4.78, 5) is 0. The first-order valence-electron chi connectivity index (χ1n) is 6.26. The lowest BCUT2D eigenvalue weighted by molar-refractivity contribution is 0.574. The van der Waals surface area contributed by atoms with E-state index in [4.69, 9.17) is 0 Å². The smallest absolute Gasteiger partial charge is 0.211 e. The third kappa shape index (κ3) is 4.40. The van der Waals surface area contributed by atoms with Gasteiger partial charge >= 0.3 is 0 Å². The molecule has 0 aromatic carbocycles. The third-order valence-corrected chi connectivity index (χ3v) is 4.43. The maximum Gasteiger partial charge on any atom is 0.211 e. The van der Waals surface area contributed by atoms with Crippen LogP contribution >= 0.6 is 0 Å². The maximum absolute atomic E-state index is 11.7. The molecule has 0 radical (unpaired) electrons. The average molecular weight is 272 g/mol. The third-order valence-electron chi connectivity index (χ3n) is 3.02. The first-order valence-corrected chi connectivity index (χ1v) is 7.91. The molecule has 0 bridgehead atoms. The standard InChI is InChI=1S/C11H20N4O2S/c1-9-10(7-13-15-9)8-14-18(16,17)6-2-5-12-11-3-4-11/h7,11-12,14H,2-6,8H2,1H3,(H,13,15). The minimum Gasteiger partial charge on any atom is -0.314 e. The minimum absolute atomic E-state index is 0.170. The van der Waals surface area contributed by atoms with Crippen LogP contribution in [0.1, 0.15) is 30.5 Å². The van der Waals surface area contributed by atoms with Gasteiger partial charge in [-0.2, -0.15) is 5.10 Å². The van der Waals surface area contributed by atoms with E-state index >= 15 is 0 Å². The van der Waals surface area contributed by atoms with Gasteiger partial charge in [-0.25, -0.2) is 13.1 Å². The molecule has 1 aromatic rings. The van der Waals surface area contributed by atoms with Crippen LogP contribution in [0.15, 0.2) is 6.20 Å². The van der Waals surface area contributed by atoms with Crippen molar-refractivity contribution < 1.29 is 8.42 Å². The van der Waals surface area contributed by atoms with Crippen molar-refractivity contribution in [2.24, 2.45) is 0 Å². The largest absolute Gasteiger partial charge is 0.314 e. The molecule has 0 atom stereocenters. The zero-order chi connectivity index (χ0) is 13.0. The second-order valence-electron chi connectivity index (χ2n) is 4.74. The van der Waals surface area contributed by atoms with E-state index < -0.39 is 10.0 Å². The Morgan fingerprint density at radius 3 is 2.89 bits per heavy atom. The molecule has 1 heterocycles. The van der Waals surface area contributed by atoms with Crippen LogP contribution < -0.4 is 10.0 Å². The van der Waals surface area contributed by atoms with Crippen molar-refractivity contribution >= 4 is 10.0 Å². The molecule has 102 valence electrons. The van der Waals surface area contributed by atoms with Gasteiger partial charge < -0.3 is 5.32 Å². The summed E-state index contributed by atoms with van der Waals surface area (Å²) in [5.74, 6) is 0.170. The number of nitrogens with zero attached hydrogens (tertiary/aromatic N) is 1. The highest BCUT2D eigenvalue weighted by Crippen LogP contribution is 2.18. The Bertz CT molecular complexity index is 479. The van der Waals surface area contributed by atoms with Gasteiger partial charge in [-0.1, -0.05) is 0 Å². The molecule has 3 N–H and O–H groups in total. The number of hydrogen-bond acceptors (Lipinski definition) is 4. The molecule has 0 amide bonds. The van der Waals surface area contributed by atoms with E-state index in [1.807, 2.05) is 6.92 Å². The SMILES string of the molecule is Cc1[nH]ncc1CNS(=O)(=O)CCCNC1CC1. The summed E-state index contributed by atoms with van der Waals surface area (Å²) >= 11 is 0. The van der Waals surface area contributed by atoms with Gasteiger partial charge in [0, 0.05) is 23.8 Å². The monoisotopic (exact) mass is 272 g/mol.